The molecule has 0 aromatic heterocycles. The maximum atomic E-state index is 13.2. The molecule has 0 saturated heterocycles. The second-order valence-electron chi connectivity index (χ2n) is 6.55. The molecule has 0 saturated carbocycles. The van der Waals surface area contributed by atoms with Crippen molar-refractivity contribution in [1.29, 1.82) is 0 Å². The van der Waals surface area contributed by atoms with E-state index in [0.29, 0.717) is 6.61 Å². The molecule has 136 valence electrons. The predicted molar refractivity (Wildman–Crippen MR) is 108 cm³/mol. The van der Waals surface area contributed by atoms with Crippen LogP contribution in [0, 0.1) is 6.92 Å². The summed E-state index contributed by atoms with van der Waals surface area (Å²) in [5, 5.41) is 3.52. The molecule has 4 heteroatoms. The number of carbonyl (C=O) groups is 1. The molecule has 0 radical (unpaired) electrons. The highest BCUT2D eigenvalue weighted by molar-refractivity contribution is 6.11. The first-order chi connectivity index (χ1) is 13.2. The zero-order valence-electron chi connectivity index (χ0n) is 15.5. The molecule has 1 heterocycles. The quantitative estimate of drug-likeness (QED) is 0.684. The highest BCUT2D eigenvalue weighted by Gasteiger charge is 2.38. The summed E-state index contributed by atoms with van der Waals surface area (Å²) in [5.41, 5.74) is 4.65. The topological polar surface area (TPSA) is 41.6 Å². The van der Waals surface area contributed by atoms with Gasteiger partial charge in [-0.2, -0.15) is 0 Å². The first-order valence-electron chi connectivity index (χ1n) is 9.16. The Morgan fingerprint density at radius 1 is 0.963 bits per heavy atom. The van der Waals surface area contributed by atoms with Crippen LogP contribution in [0.3, 0.4) is 0 Å². The van der Waals surface area contributed by atoms with Crippen LogP contribution in [0.2, 0.25) is 0 Å². The Labute approximate surface area is 159 Å². The van der Waals surface area contributed by atoms with Crippen LogP contribution in [0.25, 0.3) is 0 Å². The lowest BCUT2D eigenvalue weighted by atomic mass is 10.1. The number of carbonyl (C=O) groups excluding carboxylic acids is 1. The molecule has 0 spiro atoms. The molecule has 1 aliphatic heterocycles. The molecule has 4 nitrogen and oxygen atoms in total. The van der Waals surface area contributed by atoms with E-state index in [2.05, 4.69) is 5.32 Å². The number of amides is 1. The zero-order chi connectivity index (χ0) is 18.8. The number of nitrogens with zero attached hydrogens (tertiary/aromatic N) is 1. The lowest BCUT2D eigenvalue weighted by Crippen LogP contribution is -2.32. The smallest absolute Gasteiger partial charge is 0.260 e. The van der Waals surface area contributed by atoms with Gasteiger partial charge in [0.05, 0.1) is 6.61 Å². The van der Waals surface area contributed by atoms with Crippen molar-refractivity contribution in [2.45, 2.75) is 20.0 Å². The SMILES string of the molecule is CCOc1ccc(N[C@H]2c3ccccc3C(=O)N2c2ccccc2C)cc1. The van der Waals surface area contributed by atoms with Gasteiger partial charge in [0, 0.05) is 22.5 Å². The number of hydrogen-bond acceptors (Lipinski definition) is 3. The molecule has 3 aromatic carbocycles. The third-order valence-electron chi connectivity index (χ3n) is 4.81. The van der Waals surface area contributed by atoms with Gasteiger partial charge in [-0.15, -0.1) is 0 Å². The van der Waals surface area contributed by atoms with Gasteiger partial charge in [0.1, 0.15) is 11.9 Å². The van der Waals surface area contributed by atoms with Crippen LogP contribution < -0.4 is 15.0 Å². The molecule has 4 rings (SSSR count). The van der Waals surface area contributed by atoms with Crippen LogP contribution in [0.1, 0.15) is 34.6 Å². The number of anilines is 2. The summed E-state index contributed by atoms with van der Waals surface area (Å²) in [5.74, 6) is 0.852. The van der Waals surface area contributed by atoms with Crippen LogP contribution in [-0.4, -0.2) is 12.5 Å². The Balaban J connectivity index is 1.72. The Hall–Kier alpha value is -3.27. The summed E-state index contributed by atoms with van der Waals surface area (Å²) in [6.45, 7) is 4.63. The van der Waals surface area contributed by atoms with E-state index in [-0.39, 0.29) is 12.1 Å². The third-order valence-corrected chi connectivity index (χ3v) is 4.81. The maximum absolute atomic E-state index is 13.2. The molecule has 3 aromatic rings. The fourth-order valence-corrected chi connectivity index (χ4v) is 3.51. The summed E-state index contributed by atoms with van der Waals surface area (Å²) in [4.78, 5) is 15.0. The van der Waals surface area contributed by atoms with E-state index in [9.17, 15) is 4.79 Å². The second kappa shape index (κ2) is 7.16. The molecule has 0 unspecified atom stereocenters. The molecular weight excluding hydrogens is 336 g/mol. The van der Waals surface area contributed by atoms with Crippen LogP contribution in [-0.2, 0) is 0 Å². The molecule has 27 heavy (non-hydrogen) atoms. The van der Waals surface area contributed by atoms with Gasteiger partial charge in [0.2, 0.25) is 0 Å². The third kappa shape index (κ3) is 3.14. The number of hydrogen-bond donors (Lipinski definition) is 1. The first-order valence-corrected chi connectivity index (χ1v) is 9.16. The van der Waals surface area contributed by atoms with E-state index < -0.39 is 0 Å². The number of para-hydroxylation sites is 1. The molecule has 0 bridgehead atoms. The van der Waals surface area contributed by atoms with Gasteiger partial charge in [-0.1, -0.05) is 36.4 Å². The molecule has 1 amide bonds. The summed E-state index contributed by atoms with van der Waals surface area (Å²) in [6.07, 6.45) is -0.257. The fraction of sp³-hybridized carbons (Fsp3) is 0.174. The van der Waals surface area contributed by atoms with E-state index in [0.717, 1.165) is 33.8 Å². The highest BCUT2D eigenvalue weighted by atomic mass is 16.5. The average Bonchev–Trinajstić information content (AvgIpc) is 2.96. The predicted octanol–water partition coefficient (Wildman–Crippen LogP) is 5.16. The van der Waals surface area contributed by atoms with Crippen LogP contribution in [0.4, 0.5) is 11.4 Å². The average molecular weight is 358 g/mol. The summed E-state index contributed by atoms with van der Waals surface area (Å²) >= 11 is 0. The van der Waals surface area contributed by atoms with Gasteiger partial charge >= 0.3 is 0 Å². The maximum Gasteiger partial charge on any atom is 0.260 e. The first kappa shape index (κ1) is 17.2. The minimum atomic E-state index is -0.257. The van der Waals surface area contributed by atoms with Gasteiger partial charge in [-0.05, 0) is 55.8 Å². The van der Waals surface area contributed by atoms with Gasteiger partial charge in [-0.25, -0.2) is 0 Å². The van der Waals surface area contributed by atoms with Crippen molar-refractivity contribution in [3.8, 4) is 5.75 Å². The van der Waals surface area contributed by atoms with Crippen LogP contribution >= 0.6 is 0 Å². The molecule has 0 fully saturated rings. The summed E-state index contributed by atoms with van der Waals surface area (Å²) in [7, 11) is 0. The molecule has 0 aliphatic carbocycles. The van der Waals surface area contributed by atoms with Crippen molar-refractivity contribution >= 4 is 17.3 Å². The van der Waals surface area contributed by atoms with Crippen LogP contribution in [0.15, 0.2) is 72.8 Å². The lowest BCUT2D eigenvalue weighted by molar-refractivity contribution is 0.0993. The Kier molecular flexibility index (Phi) is 4.55. The molecule has 1 N–H and O–H groups in total. The normalized spacial score (nSPS) is 15.6. The largest absolute Gasteiger partial charge is 0.494 e. The van der Waals surface area contributed by atoms with Gasteiger partial charge in [-0.3, -0.25) is 9.69 Å². The molecular formula is C23H22N2O2. The summed E-state index contributed by atoms with van der Waals surface area (Å²) in [6, 6.07) is 23.6. The number of fused-ring (bicyclic) bond motifs is 1. The number of nitrogens with one attached hydrogen (secondary N) is 1. The van der Waals surface area contributed by atoms with E-state index in [1.165, 1.54) is 0 Å². The van der Waals surface area contributed by atoms with Gasteiger partial charge < -0.3 is 10.1 Å². The Bertz CT molecular complexity index is 966. The minimum Gasteiger partial charge on any atom is -0.494 e. The van der Waals surface area contributed by atoms with Crippen molar-refractivity contribution in [3.05, 3.63) is 89.5 Å². The van der Waals surface area contributed by atoms with E-state index in [4.69, 9.17) is 4.74 Å². The van der Waals surface area contributed by atoms with E-state index in [1.54, 1.807) is 0 Å². The number of aryl methyl sites for hydroxylation is 1. The monoisotopic (exact) mass is 358 g/mol. The van der Waals surface area contributed by atoms with Crippen molar-refractivity contribution in [3.63, 3.8) is 0 Å². The minimum absolute atomic E-state index is 0.0170. The number of ether oxygens (including phenoxy) is 1. The van der Waals surface area contributed by atoms with Crippen molar-refractivity contribution in [2.75, 3.05) is 16.8 Å². The van der Waals surface area contributed by atoms with Crippen molar-refractivity contribution < 1.29 is 9.53 Å². The number of benzene rings is 3. The van der Waals surface area contributed by atoms with Crippen molar-refractivity contribution in [2.24, 2.45) is 0 Å². The van der Waals surface area contributed by atoms with Crippen LogP contribution in [0.5, 0.6) is 5.75 Å². The highest BCUT2D eigenvalue weighted by Crippen LogP contribution is 2.39. The number of rotatable bonds is 5. The van der Waals surface area contributed by atoms with E-state index in [1.807, 2.05) is 91.5 Å². The Morgan fingerprint density at radius 2 is 1.67 bits per heavy atom. The standard InChI is InChI=1S/C23H22N2O2/c1-3-27-18-14-12-17(13-15-18)24-22-19-9-5-6-10-20(19)23(26)25(22)21-11-7-4-8-16(21)2/h4-15,22,24H,3H2,1-2H3/t22-/m1/s1. The lowest BCUT2D eigenvalue weighted by Gasteiger charge is -2.28. The van der Waals surface area contributed by atoms with Gasteiger partial charge in [0.25, 0.3) is 5.91 Å². The molecule has 1 atom stereocenters. The van der Waals surface area contributed by atoms with Gasteiger partial charge in [0.15, 0.2) is 0 Å². The Morgan fingerprint density at radius 3 is 2.41 bits per heavy atom. The van der Waals surface area contributed by atoms with E-state index >= 15 is 0 Å². The summed E-state index contributed by atoms with van der Waals surface area (Å²) < 4.78 is 5.52. The fourth-order valence-electron chi connectivity index (χ4n) is 3.51. The molecule has 1 aliphatic rings. The second-order valence-corrected chi connectivity index (χ2v) is 6.55. The zero-order valence-corrected chi connectivity index (χ0v) is 15.5. The van der Waals surface area contributed by atoms with Crippen molar-refractivity contribution in [1.82, 2.24) is 0 Å².